The number of nitrogen functional groups attached to an aromatic ring is 1. The first-order valence-electron chi connectivity index (χ1n) is 6.88. The van der Waals surface area contributed by atoms with Crippen LogP contribution in [0.2, 0.25) is 0 Å². The lowest BCUT2D eigenvalue weighted by Gasteiger charge is -2.05. The number of nitrogens with two attached hydrogens (primary N) is 1. The molecule has 0 spiro atoms. The standard InChI is InChI=1S/C18H17NO2S.ClH/c1-20-16-6-5-12(9-15(16)19)3-4-13-10-17(21-2)14-7-8-22-18(14)11-13;/h3-11H,19H2,1-2H3;1H/b4-3-;. The summed E-state index contributed by atoms with van der Waals surface area (Å²) in [5.74, 6) is 1.59. The van der Waals surface area contributed by atoms with E-state index < -0.39 is 0 Å². The lowest BCUT2D eigenvalue weighted by atomic mass is 10.1. The molecule has 0 saturated carbocycles. The summed E-state index contributed by atoms with van der Waals surface area (Å²) in [5, 5.41) is 3.23. The molecule has 0 atom stereocenters. The zero-order valence-electron chi connectivity index (χ0n) is 12.9. The van der Waals surface area contributed by atoms with Crippen molar-refractivity contribution in [2.45, 2.75) is 0 Å². The maximum Gasteiger partial charge on any atom is 0.141 e. The molecule has 0 aliphatic heterocycles. The molecular formula is C18H18ClNO2S. The molecule has 0 aliphatic rings. The third-order valence-corrected chi connectivity index (χ3v) is 4.36. The van der Waals surface area contributed by atoms with Gasteiger partial charge in [0.05, 0.1) is 19.9 Å². The van der Waals surface area contributed by atoms with Crippen LogP contribution in [0.4, 0.5) is 5.69 Å². The molecule has 0 saturated heterocycles. The van der Waals surface area contributed by atoms with Gasteiger partial charge in [-0.15, -0.1) is 23.7 Å². The SMILES string of the molecule is COc1ccc(/C=C\c2cc(OC)c3ccsc3c2)cc1N.Cl. The highest BCUT2D eigenvalue weighted by Crippen LogP contribution is 2.32. The Morgan fingerprint density at radius 1 is 0.913 bits per heavy atom. The fraction of sp³-hybridized carbons (Fsp3) is 0.111. The van der Waals surface area contributed by atoms with Crippen molar-refractivity contribution in [3.63, 3.8) is 0 Å². The average molecular weight is 348 g/mol. The van der Waals surface area contributed by atoms with E-state index in [2.05, 4.69) is 23.6 Å². The Hall–Kier alpha value is -2.17. The molecule has 0 aliphatic carbocycles. The highest BCUT2D eigenvalue weighted by atomic mass is 35.5. The van der Waals surface area contributed by atoms with Gasteiger partial charge < -0.3 is 15.2 Å². The summed E-state index contributed by atoms with van der Waals surface area (Å²) in [7, 11) is 3.31. The maximum atomic E-state index is 5.93. The maximum absolute atomic E-state index is 5.93. The summed E-state index contributed by atoms with van der Waals surface area (Å²) in [5.41, 5.74) is 8.69. The van der Waals surface area contributed by atoms with E-state index in [1.165, 1.54) is 4.70 Å². The van der Waals surface area contributed by atoms with Gasteiger partial charge in [0.15, 0.2) is 0 Å². The van der Waals surface area contributed by atoms with Crippen LogP contribution in [0, 0.1) is 0 Å². The number of halogens is 1. The van der Waals surface area contributed by atoms with E-state index in [1.807, 2.05) is 30.3 Å². The van der Waals surface area contributed by atoms with Gasteiger partial charge in [-0.05, 0) is 46.8 Å². The molecule has 1 aromatic heterocycles. The Balaban J connectivity index is 0.00000192. The van der Waals surface area contributed by atoms with E-state index in [9.17, 15) is 0 Å². The van der Waals surface area contributed by atoms with Crippen molar-refractivity contribution in [1.29, 1.82) is 0 Å². The van der Waals surface area contributed by atoms with Crippen molar-refractivity contribution >= 4 is 51.7 Å². The van der Waals surface area contributed by atoms with Crippen molar-refractivity contribution in [3.05, 3.63) is 52.9 Å². The van der Waals surface area contributed by atoms with Gasteiger partial charge in [-0.3, -0.25) is 0 Å². The van der Waals surface area contributed by atoms with Crippen LogP contribution in [-0.4, -0.2) is 14.2 Å². The first kappa shape index (κ1) is 17.2. The van der Waals surface area contributed by atoms with Crippen molar-refractivity contribution in [2.24, 2.45) is 0 Å². The summed E-state index contributed by atoms with van der Waals surface area (Å²) >= 11 is 1.71. The molecule has 0 fully saturated rings. The fourth-order valence-electron chi connectivity index (χ4n) is 2.37. The topological polar surface area (TPSA) is 44.5 Å². The summed E-state index contributed by atoms with van der Waals surface area (Å²) in [6.07, 6.45) is 4.09. The van der Waals surface area contributed by atoms with Crippen LogP contribution in [0.15, 0.2) is 41.8 Å². The molecule has 0 bridgehead atoms. The normalized spacial score (nSPS) is 10.7. The van der Waals surface area contributed by atoms with Gasteiger partial charge in [-0.2, -0.15) is 0 Å². The Morgan fingerprint density at radius 3 is 2.35 bits per heavy atom. The summed E-state index contributed by atoms with van der Waals surface area (Å²) in [4.78, 5) is 0. The number of rotatable bonds is 4. The first-order chi connectivity index (χ1) is 10.7. The molecule has 1 heterocycles. The van der Waals surface area contributed by atoms with Crippen LogP contribution in [-0.2, 0) is 0 Å². The molecule has 23 heavy (non-hydrogen) atoms. The molecule has 3 nitrogen and oxygen atoms in total. The first-order valence-corrected chi connectivity index (χ1v) is 7.76. The quantitative estimate of drug-likeness (QED) is 0.528. The van der Waals surface area contributed by atoms with E-state index in [1.54, 1.807) is 25.6 Å². The number of ether oxygens (including phenoxy) is 2. The second-order valence-electron chi connectivity index (χ2n) is 4.89. The van der Waals surface area contributed by atoms with E-state index >= 15 is 0 Å². The van der Waals surface area contributed by atoms with Gasteiger partial charge in [0.1, 0.15) is 11.5 Å². The predicted octanol–water partition coefficient (Wildman–Crippen LogP) is 5.09. The minimum atomic E-state index is 0. The van der Waals surface area contributed by atoms with Crippen LogP contribution >= 0.6 is 23.7 Å². The minimum absolute atomic E-state index is 0. The van der Waals surface area contributed by atoms with E-state index in [0.29, 0.717) is 11.4 Å². The fourth-order valence-corrected chi connectivity index (χ4v) is 3.22. The van der Waals surface area contributed by atoms with Gasteiger partial charge in [0.25, 0.3) is 0 Å². The minimum Gasteiger partial charge on any atom is -0.496 e. The lowest BCUT2D eigenvalue weighted by molar-refractivity contribution is 0.417. The molecule has 3 rings (SSSR count). The molecule has 120 valence electrons. The summed E-state index contributed by atoms with van der Waals surface area (Å²) in [6, 6.07) is 12.0. The van der Waals surface area contributed by atoms with E-state index in [-0.39, 0.29) is 12.4 Å². The Morgan fingerprint density at radius 2 is 1.65 bits per heavy atom. The Bertz CT molecular complexity index is 842. The van der Waals surface area contributed by atoms with Crippen LogP contribution in [0.5, 0.6) is 11.5 Å². The van der Waals surface area contributed by atoms with Gasteiger partial charge in [-0.25, -0.2) is 0 Å². The zero-order chi connectivity index (χ0) is 15.5. The van der Waals surface area contributed by atoms with Gasteiger partial charge in [0, 0.05) is 10.1 Å². The largest absolute Gasteiger partial charge is 0.496 e. The van der Waals surface area contributed by atoms with E-state index in [4.69, 9.17) is 15.2 Å². The Labute approximate surface area is 145 Å². The number of hydrogen-bond donors (Lipinski definition) is 1. The van der Waals surface area contributed by atoms with Crippen LogP contribution in [0.1, 0.15) is 11.1 Å². The molecule has 2 N–H and O–H groups in total. The molecule has 3 aromatic rings. The van der Waals surface area contributed by atoms with Crippen LogP contribution in [0.3, 0.4) is 0 Å². The molecule has 5 heteroatoms. The van der Waals surface area contributed by atoms with Gasteiger partial charge >= 0.3 is 0 Å². The number of methoxy groups -OCH3 is 2. The number of hydrogen-bond acceptors (Lipinski definition) is 4. The molecule has 2 aromatic carbocycles. The molecule has 0 amide bonds. The van der Waals surface area contributed by atoms with Crippen molar-refractivity contribution in [3.8, 4) is 11.5 Å². The Kier molecular flexibility index (Phi) is 5.53. The number of benzene rings is 2. The third kappa shape index (κ3) is 3.60. The second-order valence-corrected chi connectivity index (χ2v) is 5.84. The summed E-state index contributed by atoms with van der Waals surface area (Å²) < 4.78 is 11.8. The highest BCUT2D eigenvalue weighted by molar-refractivity contribution is 7.17. The van der Waals surface area contributed by atoms with Crippen molar-refractivity contribution in [2.75, 3.05) is 20.0 Å². The van der Waals surface area contributed by atoms with Gasteiger partial charge in [0.2, 0.25) is 0 Å². The van der Waals surface area contributed by atoms with Crippen molar-refractivity contribution in [1.82, 2.24) is 0 Å². The second kappa shape index (κ2) is 7.40. The number of anilines is 1. The third-order valence-electron chi connectivity index (χ3n) is 3.50. The molecule has 0 unspecified atom stereocenters. The van der Waals surface area contributed by atoms with Crippen LogP contribution in [0.25, 0.3) is 22.2 Å². The lowest BCUT2D eigenvalue weighted by Crippen LogP contribution is -1.92. The smallest absolute Gasteiger partial charge is 0.141 e. The van der Waals surface area contributed by atoms with Crippen molar-refractivity contribution < 1.29 is 9.47 Å². The molecular weight excluding hydrogens is 330 g/mol. The number of thiophene rings is 1. The van der Waals surface area contributed by atoms with E-state index in [0.717, 1.165) is 22.3 Å². The zero-order valence-corrected chi connectivity index (χ0v) is 14.5. The summed E-state index contributed by atoms with van der Waals surface area (Å²) in [6.45, 7) is 0. The van der Waals surface area contributed by atoms with Gasteiger partial charge in [-0.1, -0.05) is 18.2 Å². The monoisotopic (exact) mass is 347 g/mol. The van der Waals surface area contributed by atoms with Crippen LogP contribution < -0.4 is 15.2 Å². The average Bonchev–Trinajstić information content (AvgIpc) is 3.00. The number of fused-ring (bicyclic) bond motifs is 1. The highest BCUT2D eigenvalue weighted by Gasteiger charge is 2.04. The predicted molar refractivity (Wildman–Crippen MR) is 102 cm³/mol. The molecule has 0 radical (unpaired) electrons.